The van der Waals surface area contributed by atoms with Crippen molar-refractivity contribution < 1.29 is 19.1 Å². The van der Waals surface area contributed by atoms with Crippen LogP contribution in [0, 0.1) is 5.82 Å². The van der Waals surface area contributed by atoms with Gasteiger partial charge in [-0.25, -0.2) is 9.18 Å². The van der Waals surface area contributed by atoms with Gasteiger partial charge >= 0.3 is 5.97 Å². The molecule has 21 heavy (non-hydrogen) atoms. The Kier molecular flexibility index (Phi) is 4.84. The van der Waals surface area contributed by atoms with E-state index in [1.165, 1.54) is 35.6 Å². The molecule has 0 saturated carbocycles. The van der Waals surface area contributed by atoms with Gasteiger partial charge in [-0.2, -0.15) is 0 Å². The fourth-order valence-corrected chi connectivity index (χ4v) is 2.51. The Balaban J connectivity index is 2.04. The van der Waals surface area contributed by atoms with Crippen LogP contribution in [0.1, 0.15) is 20.8 Å². The van der Waals surface area contributed by atoms with E-state index in [4.69, 9.17) is 5.11 Å². The summed E-state index contributed by atoms with van der Waals surface area (Å²) in [7, 11) is 0. The molecular formula is C15H12FNO3S. The van der Waals surface area contributed by atoms with E-state index in [1.807, 2.05) is 0 Å². The average Bonchev–Trinajstić information content (AvgIpc) is 2.90. The summed E-state index contributed by atoms with van der Waals surface area (Å²) in [5.74, 6) is -2.12. The molecule has 6 heteroatoms. The summed E-state index contributed by atoms with van der Waals surface area (Å²) in [6.07, 6.45) is 2.49. The molecule has 108 valence electrons. The Morgan fingerprint density at radius 3 is 2.76 bits per heavy atom. The van der Waals surface area contributed by atoms with Crippen LogP contribution in [0.15, 0.2) is 41.8 Å². The van der Waals surface area contributed by atoms with Gasteiger partial charge in [0.1, 0.15) is 5.82 Å². The van der Waals surface area contributed by atoms with Crippen molar-refractivity contribution in [1.29, 1.82) is 0 Å². The standard InChI is InChI=1S/C15H12FNO3S/c16-12-4-2-1-3-11(12)15(20)17-9-13-10(7-8-21-13)5-6-14(18)19/h1-8H,9H2,(H,17,20)(H,18,19)/b6-5+. The van der Waals surface area contributed by atoms with Gasteiger partial charge in [-0.15, -0.1) is 11.3 Å². The number of carboxylic acids is 1. The molecule has 0 atom stereocenters. The third-order valence-electron chi connectivity index (χ3n) is 2.71. The largest absolute Gasteiger partial charge is 0.478 e. The Hall–Kier alpha value is -2.47. The SMILES string of the molecule is O=C(O)/C=C/c1ccsc1CNC(=O)c1ccccc1F. The summed E-state index contributed by atoms with van der Waals surface area (Å²) in [6, 6.07) is 7.49. The number of benzene rings is 1. The van der Waals surface area contributed by atoms with Crippen LogP contribution < -0.4 is 5.32 Å². The second kappa shape index (κ2) is 6.81. The molecule has 0 aliphatic heterocycles. The Morgan fingerprint density at radius 1 is 1.29 bits per heavy atom. The molecule has 2 N–H and O–H groups in total. The van der Waals surface area contributed by atoms with Crippen molar-refractivity contribution in [3.8, 4) is 0 Å². The maximum Gasteiger partial charge on any atom is 0.328 e. The summed E-state index contributed by atoms with van der Waals surface area (Å²) in [5.41, 5.74) is 0.702. The highest BCUT2D eigenvalue weighted by molar-refractivity contribution is 7.10. The van der Waals surface area contributed by atoms with E-state index >= 15 is 0 Å². The predicted molar refractivity (Wildman–Crippen MR) is 78.6 cm³/mol. The Morgan fingerprint density at radius 2 is 2.05 bits per heavy atom. The maximum absolute atomic E-state index is 13.5. The Labute approximate surface area is 124 Å². The quantitative estimate of drug-likeness (QED) is 0.835. The molecule has 2 aromatic rings. The van der Waals surface area contributed by atoms with Crippen molar-refractivity contribution in [2.75, 3.05) is 0 Å². The first kappa shape index (κ1) is 14.9. The van der Waals surface area contributed by atoms with E-state index in [2.05, 4.69) is 5.32 Å². The van der Waals surface area contributed by atoms with Gasteiger partial charge in [0.15, 0.2) is 0 Å². The van der Waals surface area contributed by atoms with Crippen LogP contribution in [0.3, 0.4) is 0 Å². The maximum atomic E-state index is 13.5. The number of aliphatic carboxylic acids is 1. The van der Waals surface area contributed by atoms with Crippen molar-refractivity contribution in [3.05, 3.63) is 63.6 Å². The van der Waals surface area contributed by atoms with Crippen LogP contribution in [0.5, 0.6) is 0 Å². The van der Waals surface area contributed by atoms with Crippen LogP contribution in [-0.4, -0.2) is 17.0 Å². The number of rotatable bonds is 5. The molecule has 0 saturated heterocycles. The number of halogens is 1. The molecule has 4 nitrogen and oxygen atoms in total. The van der Waals surface area contributed by atoms with Gasteiger partial charge in [-0.3, -0.25) is 4.79 Å². The summed E-state index contributed by atoms with van der Waals surface area (Å²) in [6.45, 7) is 0.212. The average molecular weight is 305 g/mol. The summed E-state index contributed by atoms with van der Waals surface area (Å²) < 4.78 is 13.5. The number of carboxylic acid groups (broad SMARTS) is 1. The topological polar surface area (TPSA) is 66.4 Å². The molecule has 2 rings (SSSR count). The first-order valence-electron chi connectivity index (χ1n) is 6.08. The van der Waals surface area contributed by atoms with Gasteiger partial charge in [-0.05, 0) is 35.2 Å². The zero-order chi connectivity index (χ0) is 15.2. The van der Waals surface area contributed by atoms with Crippen molar-refractivity contribution in [2.45, 2.75) is 6.54 Å². The van der Waals surface area contributed by atoms with Gasteiger partial charge in [0.2, 0.25) is 0 Å². The van der Waals surface area contributed by atoms with E-state index in [-0.39, 0.29) is 12.1 Å². The zero-order valence-electron chi connectivity index (χ0n) is 10.9. The number of nitrogens with one attached hydrogen (secondary N) is 1. The van der Waals surface area contributed by atoms with Crippen LogP contribution >= 0.6 is 11.3 Å². The summed E-state index contributed by atoms with van der Waals surface area (Å²) in [5, 5.41) is 13.0. The first-order valence-corrected chi connectivity index (χ1v) is 6.96. The number of carbonyl (C=O) groups is 2. The molecule has 0 unspecified atom stereocenters. The number of carbonyl (C=O) groups excluding carboxylic acids is 1. The van der Waals surface area contributed by atoms with Crippen LogP contribution in [0.25, 0.3) is 6.08 Å². The van der Waals surface area contributed by atoms with Gasteiger partial charge in [-0.1, -0.05) is 12.1 Å². The minimum Gasteiger partial charge on any atom is -0.478 e. The molecule has 1 aromatic heterocycles. The zero-order valence-corrected chi connectivity index (χ0v) is 11.7. The van der Waals surface area contributed by atoms with Crippen molar-refractivity contribution >= 4 is 29.3 Å². The van der Waals surface area contributed by atoms with E-state index < -0.39 is 17.7 Å². The lowest BCUT2D eigenvalue weighted by molar-refractivity contribution is -0.131. The van der Waals surface area contributed by atoms with E-state index in [0.717, 1.165) is 16.5 Å². The molecule has 0 aliphatic carbocycles. The minimum absolute atomic E-state index is 0.0170. The van der Waals surface area contributed by atoms with Gasteiger partial charge in [0.25, 0.3) is 5.91 Å². The molecule has 0 bridgehead atoms. The third-order valence-corrected chi connectivity index (χ3v) is 3.65. The van der Waals surface area contributed by atoms with Gasteiger partial charge in [0.05, 0.1) is 12.1 Å². The minimum atomic E-state index is -1.04. The Bertz CT molecular complexity index is 694. The molecule has 0 spiro atoms. The molecule has 0 fully saturated rings. The fraction of sp³-hybridized carbons (Fsp3) is 0.0667. The molecule has 1 amide bonds. The smallest absolute Gasteiger partial charge is 0.328 e. The molecule has 0 aliphatic rings. The van der Waals surface area contributed by atoms with E-state index in [9.17, 15) is 14.0 Å². The molecule has 1 heterocycles. The lowest BCUT2D eigenvalue weighted by Crippen LogP contribution is -2.23. The van der Waals surface area contributed by atoms with E-state index in [0.29, 0.717) is 0 Å². The first-order chi connectivity index (χ1) is 10.1. The number of hydrogen-bond acceptors (Lipinski definition) is 3. The lowest BCUT2D eigenvalue weighted by Gasteiger charge is -2.05. The third kappa shape index (κ3) is 4.00. The normalized spacial score (nSPS) is 10.7. The number of hydrogen-bond donors (Lipinski definition) is 2. The highest BCUT2D eigenvalue weighted by Crippen LogP contribution is 2.18. The van der Waals surface area contributed by atoms with Crippen molar-refractivity contribution in [2.24, 2.45) is 0 Å². The van der Waals surface area contributed by atoms with Crippen LogP contribution in [0.2, 0.25) is 0 Å². The lowest BCUT2D eigenvalue weighted by atomic mass is 10.2. The van der Waals surface area contributed by atoms with E-state index in [1.54, 1.807) is 17.5 Å². The van der Waals surface area contributed by atoms with Crippen LogP contribution in [0.4, 0.5) is 4.39 Å². The summed E-state index contributed by atoms with van der Waals surface area (Å²) >= 11 is 1.39. The molecule has 0 radical (unpaired) electrons. The van der Waals surface area contributed by atoms with Crippen LogP contribution in [-0.2, 0) is 11.3 Å². The second-order valence-electron chi connectivity index (χ2n) is 4.13. The molecule has 1 aromatic carbocycles. The second-order valence-corrected chi connectivity index (χ2v) is 5.13. The number of thiophene rings is 1. The highest BCUT2D eigenvalue weighted by Gasteiger charge is 2.11. The fourth-order valence-electron chi connectivity index (χ4n) is 1.70. The number of amides is 1. The van der Waals surface area contributed by atoms with Gasteiger partial charge < -0.3 is 10.4 Å². The van der Waals surface area contributed by atoms with Crippen molar-refractivity contribution in [3.63, 3.8) is 0 Å². The van der Waals surface area contributed by atoms with Gasteiger partial charge in [0, 0.05) is 11.0 Å². The monoisotopic (exact) mass is 305 g/mol. The predicted octanol–water partition coefficient (Wildman–Crippen LogP) is 2.92. The highest BCUT2D eigenvalue weighted by atomic mass is 32.1. The molecular weight excluding hydrogens is 293 g/mol. The summed E-state index contributed by atoms with van der Waals surface area (Å²) in [4.78, 5) is 23.2. The van der Waals surface area contributed by atoms with Crippen molar-refractivity contribution in [1.82, 2.24) is 5.32 Å².